The number of aryl methyl sites for hydroxylation is 1. The minimum atomic E-state index is -0.605. The van der Waals surface area contributed by atoms with E-state index in [1.54, 1.807) is 0 Å². The number of aliphatic hydroxyl groups is 1. The number of rotatable bonds is 5. The Hall–Kier alpha value is -2.54. The second kappa shape index (κ2) is 9.61. The van der Waals surface area contributed by atoms with Crippen molar-refractivity contribution in [3.8, 4) is 0 Å². The van der Waals surface area contributed by atoms with E-state index in [1.807, 2.05) is 50.1 Å². The molecule has 4 rings (SSSR count). The number of aromatic nitrogens is 1. The minimum absolute atomic E-state index is 0.0350. The van der Waals surface area contributed by atoms with E-state index in [0.717, 1.165) is 42.1 Å². The Morgan fingerprint density at radius 3 is 2.74 bits per heavy atom. The molecule has 0 spiro atoms. The molecule has 7 nitrogen and oxygen atoms in total. The third kappa shape index (κ3) is 5.09. The second-order valence-electron chi connectivity index (χ2n) is 11.2. The van der Waals surface area contributed by atoms with Gasteiger partial charge in [0.1, 0.15) is 5.60 Å². The first-order chi connectivity index (χ1) is 16.1. The number of carbonyl (C=O) groups is 2. The quantitative estimate of drug-likeness (QED) is 0.599. The summed E-state index contributed by atoms with van der Waals surface area (Å²) in [4.78, 5) is 31.1. The number of amides is 2. The maximum atomic E-state index is 13.2. The van der Waals surface area contributed by atoms with Gasteiger partial charge >= 0.3 is 6.09 Å². The van der Waals surface area contributed by atoms with Gasteiger partial charge in [0.2, 0.25) is 5.91 Å². The zero-order valence-corrected chi connectivity index (χ0v) is 20.9. The maximum Gasteiger partial charge on any atom is 0.410 e. The van der Waals surface area contributed by atoms with Crippen molar-refractivity contribution in [1.29, 1.82) is 0 Å². The van der Waals surface area contributed by atoms with Crippen molar-refractivity contribution in [2.45, 2.75) is 96.4 Å². The molecule has 0 bridgehead atoms. The summed E-state index contributed by atoms with van der Waals surface area (Å²) in [5.74, 6) is -0.0350. The summed E-state index contributed by atoms with van der Waals surface area (Å²) >= 11 is 0. The Morgan fingerprint density at radius 1 is 1.24 bits per heavy atom. The summed E-state index contributed by atoms with van der Waals surface area (Å²) in [7, 11) is 0. The third-order valence-corrected chi connectivity index (χ3v) is 7.57. The molecule has 2 aliphatic rings. The van der Waals surface area contributed by atoms with Crippen LogP contribution in [0.4, 0.5) is 4.79 Å². The number of hydrogen-bond acceptors (Lipinski definition) is 4. The molecule has 1 aromatic carbocycles. The van der Waals surface area contributed by atoms with Gasteiger partial charge in [-0.25, -0.2) is 4.79 Å². The van der Waals surface area contributed by atoms with E-state index in [0.29, 0.717) is 25.8 Å². The average molecular weight is 470 g/mol. The van der Waals surface area contributed by atoms with Crippen LogP contribution in [0.1, 0.15) is 71.8 Å². The number of para-hydroxylation sites is 1. The molecule has 0 unspecified atom stereocenters. The number of carbonyl (C=O) groups excluding carboxylic acids is 2. The van der Waals surface area contributed by atoms with Crippen LogP contribution in [0.5, 0.6) is 0 Å². The number of hydrogen-bond donors (Lipinski definition) is 3. The van der Waals surface area contributed by atoms with Gasteiger partial charge in [-0.05, 0) is 58.1 Å². The van der Waals surface area contributed by atoms with Crippen LogP contribution in [-0.4, -0.2) is 57.3 Å². The first-order valence-corrected chi connectivity index (χ1v) is 12.6. The zero-order chi connectivity index (χ0) is 24.5. The normalized spacial score (nSPS) is 27.3. The molecular weight excluding hydrogens is 430 g/mol. The molecule has 186 valence electrons. The van der Waals surface area contributed by atoms with Crippen LogP contribution in [0.3, 0.4) is 0 Å². The molecule has 2 amide bonds. The molecule has 1 aromatic heterocycles. The molecule has 2 aromatic rings. The Bertz CT molecular complexity index is 1030. The summed E-state index contributed by atoms with van der Waals surface area (Å²) in [5.41, 5.74) is 1.20. The average Bonchev–Trinajstić information content (AvgIpc) is 3.27. The van der Waals surface area contributed by atoms with Crippen molar-refractivity contribution in [3.05, 3.63) is 36.0 Å². The first kappa shape index (κ1) is 24.6. The van der Waals surface area contributed by atoms with Crippen LogP contribution < -0.4 is 5.32 Å². The summed E-state index contributed by atoms with van der Waals surface area (Å²) in [5, 5.41) is 15.2. The number of H-pyrrole nitrogens is 1. The standard InChI is InChI=1S/C27H39N3O4/c1-26(2,3)34-25(33)30-19(15-27(4)22(30)11-7-8-12-23(27)31)17-29-24(32)14-13-18-16-28-21-10-6-5-9-20(18)21/h5-6,9-10,16,19,22-23,28,31H,7-8,11-15,17H2,1-4H3,(H,29,32)/t19-,22-,23+,27-/m1/s1. The largest absolute Gasteiger partial charge is 0.444 e. The van der Waals surface area contributed by atoms with Crippen molar-refractivity contribution in [2.24, 2.45) is 5.41 Å². The van der Waals surface area contributed by atoms with Crippen LogP contribution in [0.25, 0.3) is 10.9 Å². The summed E-state index contributed by atoms with van der Waals surface area (Å²) < 4.78 is 5.76. The van der Waals surface area contributed by atoms with Gasteiger partial charge in [-0.3, -0.25) is 9.69 Å². The van der Waals surface area contributed by atoms with Gasteiger partial charge in [-0.1, -0.05) is 38.0 Å². The fourth-order valence-corrected chi connectivity index (χ4v) is 5.81. The molecule has 1 saturated heterocycles. The van der Waals surface area contributed by atoms with Crippen LogP contribution >= 0.6 is 0 Å². The van der Waals surface area contributed by atoms with Gasteiger partial charge in [-0.2, -0.15) is 0 Å². The van der Waals surface area contributed by atoms with E-state index < -0.39 is 17.1 Å². The Morgan fingerprint density at radius 2 is 1.97 bits per heavy atom. The fourth-order valence-electron chi connectivity index (χ4n) is 5.81. The van der Waals surface area contributed by atoms with Crippen LogP contribution in [0, 0.1) is 5.41 Å². The molecule has 2 heterocycles. The van der Waals surface area contributed by atoms with Gasteiger partial charge in [0.25, 0.3) is 0 Å². The first-order valence-electron chi connectivity index (χ1n) is 12.6. The van der Waals surface area contributed by atoms with Crippen molar-refractivity contribution < 1.29 is 19.4 Å². The van der Waals surface area contributed by atoms with E-state index in [1.165, 1.54) is 0 Å². The number of ether oxygens (including phenoxy) is 1. The lowest BCUT2D eigenvalue weighted by Gasteiger charge is -2.37. The maximum absolute atomic E-state index is 13.2. The highest BCUT2D eigenvalue weighted by Crippen LogP contribution is 2.48. The molecule has 0 radical (unpaired) electrons. The Labute approximate surface area is 202 Å². The Balaban J connectivity index is 1.43. The summed E-state index contributed by atoms with van der Waals surface area (Å²) in [6.07, 6.45) is 6.36. The highest BCUT2D eigenvalue weighted by molar-refractivity contribution is 5.84. The fraction of sp³-hybridized carbons (Fsp3) is 0.630. The third-order valence-electron chi connectivity index (χ3n) is 7.57. The second-order valence-corrected chi connectivity index (χ2v) is 11.2. The number of aliphatic hydroxyl groups excluding tert-OH is 1. The van der Waals surface area contributed by atoms with Crippen LogP contribution in [0.15, 0.2) is 30.5 Å². The lowest BCUT2D eigenvalue weighted by Crippen LogP contribution is -2.50. The highest BCUT2D eigenvalue weighted by Gasteiger charge is 2.55. The lowest BCUT2D eigenvalue weighted by atomic mass is 9.75. The number of likely N-dealkylation sites (tertiary alicyclic amines) is 1. The number of aromatic amines is 1. The molecule has 1 aliphatic carbocycles. The molecule has 34 heavy (non-hydrogen) atoms. The lowest BCUT2D eigenvalue weighted by molar-refractivity contribution is -0.121. The Kier molecular flexibility index (Phi) is 6.94. The number of fused-ring (bicyclic) bond motifs is 2. The van der Waals surface area contributed by atoms with Gasteiger partial charge in [0.15, 0.2) is 0 Å². The van der Waals surface area contributed by atoms with Crippen LogP contribution in [-0.2, 0) is 16.0 Å². The monoisotopic (exact) mass is 469 g/mol. The minimum Gasteiger partial charge on any atom is -0.444 e. The number of nitrogens with zero attached hydrogens (tertiary/aromatic N) is 1. The SMILES string of the molecule is CC(C)(C)OC(=O)N1[C@@H](CNC(=O)CCc2c[nH]c3ccccc23)C[C@@]2(C)[C@@H](O)CCCC[C@@H]12. The molecular formula is C27H39N3O4. The predicted octanol–water partition coefficient (Wildman–Crippen LogP) is 4.54. The smallest absolute Gasteiger partial charge is 0.410 e. The van der Waals surface area contributed by atoms with E-state index in [9.17, 15) is 14.7 Å². The predicted molar refractivity (Wildman–Crippen MR) is 132 cm³/mol. The van der Waals surface area contributed by atoms with Crippen molar-refractivity contribution in [2.75, 3.05) is 6.54 Å². The van der Waals surface area contributed by atoms with Gasteiger partial charge in [0, 0.05) is 41.5 Å². The molecule has 7 heteroatoms. The van der Waals surface area contributed by atoms with E-state index in [4.69, 9.17) is 4.74 Å². The van der Waals surface area contributed by atoms with E-state index >= 15 is 0 Å². The summed E-state index contributed by atoms with van der Waals surface area (Å²) in [6.45, 7) is 8.05. The topological polar surface area (TPSA) is 94.7 Å². The molecule has 1 aliphatic heterocycles. The van der Waals surface area contributed by atoms with E-state index in [-0.39, 0.29) is 24.1 Å². The number of benzene rings is 1. The molecule has 3 N–H and O–H groups in total. The molecule has 4 atom stereocenters. The summed E-state index contributed by atoms with van der Waals surface area (Å²) in [6, 6.07) is 7.79. The molecule has 1 saturated carbocycles. The number of nitrogens with one attached hydrogen (secondary N) is 2. The van der Waals surface area contributed by atoms with Crippen molar-refractivity contribution >= 4 is 22.9 Å². The van der Waals surface area contributed by atoms with Gasteiger partial charge in [0.05, 0.1) is 12.1 Å². The van der Waals surface area contributed by atoms with Gasteiger partial charge < -0.3 is 20.1 Å². The van der Waals surface area contributed by atoms with Crippen molar-refractivity contribution in [1.82, 2.24) is 15.2 Å². The zero-order valence-electron chi connectivity index (χ0n) is 20.9. The van der Waals surface area contributed by atoms with Crippen molar-refractivity contribution in [3.63, 3.8) is 0 Å². The van der Waals surface area contributed by atoms with Gasteiger partial charge in [-0.15, -0.1) is 0 Å². The van der Waals surface area contributed by atoms with Crippen LogP contribution in [0.2, 0.25) is 0 Å². The van der Waals surface area contributed by atoms with E-state index in [2.05, 4.69) is 23.3 Å². The highest BCUT2D eigenvalue weighted by atomic mass is 16.6. The molecule has 2 fully saturated rings.